The molecule has 0 aromatic carbocycles. The monoisotopic (exact) mass is 217 g/mol. The first kappa shape index (κ1) is 12.7. The third-order valence-electron chi connectivity index (χ3n) is 1.41. The Kier molecular flexibility index (Phi) is 4.94. The summed E-state index contributed by atoms with van der Waals surface area (Å²) in [6.45, 7) is 5.52. The van der Waals surface area contributed by atoms with Crippen molar-refractivity contribution in [3.63, 3.8) is 0 Å². The first-order valence-corrected chi connectivity index (χ1v) is 4.53. The number of carboxylic acids is 1. The zero-order valence-corrected chi connectivity index (χ0v) is 8.97. The van der Waals surface area contributed by atoms with Crippen LogP contribution in [0.25, 0.3) is 0 Å². The Labute approximate surface area is 86.5 Å². The van der Waals surface area contributed by atoms with Crippen molar-refractivity contribution < 1.29 is 9.90 Å². The molecule has 0 radical (unpaired) electrons. The molecule has 0 amide bonds. The van der Waals surface area contributed by atoms with Crippen molar-refractivity contribution in [1.82, 2.24) is 4.98 Å². The summed E-state index contributed by atoms with van der Waals surface area (Å²) in [6.07, 6.45) is 0. The molecule has 1 rings (SSSR count). The molecule has 0 aliphatic rings. The number of aromatic amines is 1. The van der Waals surface area contributed by atoms with Gasteiger partial charge in [0.2, 0.25) is 5.56 Å². The molecule has 1 heterocycles. The van der Waals surface area contributed by atoms with Crippen LogP contribution in [0.2, 0.25) is 5.15 Å². The highest BCUT2D eigenvalue weighted by molar-refractivity contribution is 6.32. The maximum Gasteiger partial charge on any atom is 0.339 e. The van der Waals surface area contributed by atoms with Gasteiger partial charge in [0.15, 0.2) is 0 Å². The van der Waals surface area contributed by atoms with Crippen LogP contribution in [0.5, 0.6) is 0 Å². The van der Waals surface area contributed by atoms with E-state index in [1.807, 2.05) is 13.8 Å². The number of aromatic nitrogens is 1. The Morgan fingerprint density at radius 1 is 1.50 bits per heavy atom. The summed E-state index contributed by atoms with van der Waals surface area (Å²) in [5.41, 5.74) is -0.102. The van der Waals surface area contributed by atoms with E-state index in [9.17, 15) is 9.59 Å². The van der Waals surface area contributed by atoms with Gasteiger partial charge in [-0.15, -0.1) is 0 Å². The van der Waals surface area contributed by atoms with Crippen molar-refractivity contribution in [2.75, 3.05) is 0 Å². The number of nitrogens with one attached hydrogen (secondary N) is 1. The molecule has 0 atom stereocenters. The Morgan fingerprint density at radius 2 is 2.00 bits per heavy atom. The van der Waals surface area contributed by atoms with E-state index >= 15 is 0 Å². The maximum absolute atomic E-state index is 10.8. The lowest BCUT2D eigenvalue weighted by molar-refractivity contribution is 0.0696. The van der Waals surface area contributed by atoms with Crippen LogP contribution in [-0.2, 0) is 0 Å². The maximum atomic E-state index is 10.8. The summed E-state index contributed by atoms with van der Waals surface area (Å²) in [5, 5.41) is 8.50. The van der Waals surface area contributed by atoms with Gasteiger partial charge in [0, 0.05) is 6.07 Å². The minimum Gasteiger partial charge on any atom is -0.478 e. The number of hydrogen-bond donors (Lipinski definition) is 2. The van der Waals surface area contributed by atoms with Gasteiger partial charge in [-0.2, -0.15) is 0 Å². The van der Waals surface area contributed by atoms with Crippen LogP contribution in [0.1, 0.15) is 29.8 Å². The van der Waals surface area contributed by atoms with Crippen LogP contribution >= 0.6 is 11.6 Å². The number of carboxylic acid groups (broad SMARTS) is 1. The normalized spacial score (nSPS) is 8.86. The predicted molar refractivity (Wildman–Crippen MR) is 55.1 cm³/mol. The fourth-order valence-corrected chi connectivity index (χ4v) is 1.23. The molecule has 5 heteroatoms. The summed E-state index contributed by atoms with van der Waals surface area (Å²) < 4.78 is 0. The second-order valence-electron chi connectivity index (χ2n) is 2.31. The van der Waals surface area contributed by atoms with Gasteiger partial charge in [-0.25, -0.2) is 4.79 Å². The van der Waals surface area contributed by atoms with Crippen LogP contribution in [0.15, 0.2) is 10.9 Å². The zero-order valence-electron chi connectivity index (χ0n) is 8.22. The van der Waals surface area contributed by atoms with E-state index in [4.69, 9.17) is 16.7 Å². The number of rotatable bonds is 1. The lowest BCUT2D eigenvalue weighted by Crippen LogP contribution is -2.11. The summed E-state index contributed by atoms with van der Waals surface area (Å²) in [6, 6.07) is 1.19. The van der Waals surface area contributed by atoms with Crippen LogP contribution in [0, 0.1) is 6.92 Å². The predicted octanol–water partition coefficient (Wildman–Crippen LogP) is 2.06. The Morgan fingerprint density at radius 3 is 2.36 bits per heavy atom. The fourth-order valence-electron chi connectivity index (χ4n) is 0.911. The van der Waals surface area contributed by atoms with E-state index in [0.29, 0.717) is 5.56 Å². The number of hydrogen-bond acceptors (Lipinski definition) is 2. The van der Waals surface area contributed by atoms with Crippen LogP contribution < -0.4 is 5.56 Å². The molecule has 0 aliphatic carbocycles. The summed E-state index contributed by atoms with van der Waals surface area (Å²) in [5.74, 6) is -1.14. The third kappa shape index (κ3) is 2.88. The molecule has 1 aromatic heterocycles. The molecule has 2 N–H and O–H groups in total. The van der Waals surface area contributed by atoms with Gasteiger partial charge in [-0.05, 0) is 12.5 Å². The third-order valence-corrected chi connectivity index (χ3v) is 1.69. The van der Waals surface area contributed by atoms with E-state index in [1.165, 1.54) is 13.0 Å². The lowest BCUT2D eigenvalue weighted by Gasteiger charge is -2.00. The van der Waals surface area contributed by atoms with Gasteiger partial charge in [0.05, 0.1) is 5.56 Å². The lowest BCUT2D eigenvalue weighted by atomic mass is 10.2. The average Bonchev–Trinajstić information content (AvgIpc) is 2.04. The molecule has 0 unspecified atom stereocenters. The number of halogens is 1. The van der Waals surface area contributed by atoms with E-state index in [-0.39, 0.29) is 10.7 Å². The Hall–Kier alpha value is -1.29. The standard InChI is InChI=1S/C7H6ClNO3.C2H6/c1-3-2-4(10)9-6(8)5(3)7(11)12;1-2/h2H,1H3,(H,9,10)(H,11,12);1-2H3. The highest BCUT2D eigenvalue weighted by atomic mass is 35.5. The van der Waals surface area contributed by atoms with Crippen LogP contribution in [0.3, 0.4) is 0 Å². The molecule has 1 aromatic rings. The van der Waals surface area contributed by atoms with Gasteiger partial charge in [0.1, 0.15) is 5.15 Å². The zero-order chi connectivity index (χ0) is 11.3. The first-order valence-electron chi connectivity index (χ1n) is 4.15. The molecule has 0 aliphatic heterocycles. The first-order chi connectivity index (χ1) is 6.52. The number of aromatic carboxylic acids is 1. The second kappa shape index (κ2) is 5.44. The highest BCUT2D eigenvalue weighted by Gasteiger charge is 2.12. The number of aryl methyl sites for hydroxylation is 1. The van der Waals surface area contributed by atoms with Gasteiger partial charge >= 0.3 is 5.97 Å². The number of pyridine rings is 1. The number of carbonyl (C=O) groups is 1. The van der Waals surface area contributed by atoms with E-state index in [0.717, 1.165) is 0 Å². The minimum absolute atomic E-state index is 0.0590. The molecule has 14 heavy (non-hydrogen) atoms. The molecule has 4 nitrogen and oxygen atoms in total. The number of H-pyrrole nitrogens is 1. The molecule has 0 bridgehead atoms. The van der Waals surface area contributed by atoms with Gasteiger partial charge < -0.3 is 10.1 Å². The highest BCUT2D eigenvalue weighted by Crippen LogP contribution is 2.13. The van der Waals surface area contributed by atoms with Gasteiger partial charge in [-0.3, -0.25) is 4.79 Å². The van der Waals surface area contributed by atoms with Crippen molar-refractivity contribution >= 4 is 17.6 Å². The SMILES string of the molecule is CC.Cc1cc(=O)[nH]c(Cl)c1C(=O)O. The molecule has 0 fully saturated rings. The smallest absolute Gasteiger partial charge is 0.339 e. The molecular weight excluding hydrogens is 206 g/mol. The van der Waals surface area contributed by atoms with Crippen LogP contribution in [-0.4, -0.2) is 16.1 Å². The van der Waals surface area contributed by atoms with E-state index in [2.05, 4.69) is 4.98 Å². The largest absolute Gasteiger partial charge is 0.478 e. The summed E-state index contributed by atoms with van der Waals surface area (Å²) >= 11 is 5.49. The molecule has 0 saturated carbocycles. The van der Waals surface area contributed by atoms with Crippen LogP contribution in [0.4, 0.5) is 0 Å². The molecule has 0 spiro atoms. The summed E-state index contributed by atoms with van der Waals surface area (Å²) in [7, 11) is 0. The molecule has 78 valence electrons. The fraction of sp³-hybridized carbons (Fsp3) is 0.333. The van der Waals surface area contributed by atoms with Gasteiger partial charge in [-0.1, -0.05) is 25.4 Å². The average molecular weight is 218 g/mol. The molecular formula is C9H12ClNO3. The van der Waals surface area contributed by atoms with Gasteiger partial charge in [0.25, 0.3) is 0 Å². The van der Waals surface area contributed by atoms with E-state index in [1.54, 1.807) is 0 Å². The summed E-state index contributed by atoms with van der Waals surface area (Å²) in [4.78, 5) is 23.5. The topological polar surface area (TPSA) is 70.2 Å². The quantitative estimate of drug-likeness (QED) is 0.708. The molecule has 0 saturated heterocycles. The second-order valence-corrected chi connectivity index (χ2v) is 2.69. The van der Waals surface area contributed by atoms with Crippen molar-refractivity contribution in [2.24, 2.45) is 0 Å². The Balaban J connectivity index is 0.000000791. The van der Waals surface area contributed by atoms with E-state index < -0.39 is 11.5 Å². The minimum atomic E-state index is -1.14. The van der Waals surface area contributed by atoms with Crippen molar-refractivity contribution in [3.8, 4) is 0 Å². The van der Waals surface area contributed by atoms with Crippen molar-refractivity contribution in [2.45, 2.75) is 20.8 Å². The van der Waals surface area contributed by atoms with Crippen molar-refractivity contribution in [3.05, 3.63) is 32.7 Å². The Bertz CT molecular complexity index is 358. The van der Waals surface area contributed by atoms with Crippen molar-refractivity contribution in [1.29, 1.82) is 0 Å².